The van der Waals surface area contributed by atoms with Gasteiger partial charge in [0.2, 0.25) is 0 Å². The Balaban J connectivity index is 2.23. The minimum Gasteiger partial charge on any atom is -0.465 e. The maximum atomic E-state index is 11.5. The zero-order valence-corrected chi connectivity index (χ0v) is 12.7. The van der Waals surface area contributed by atoms with Crippen LogP contribution in [0.3, 0.4) is 0 Å². The fourth-order valence-electron chi connectivity index (χ4n) is 3.32. The number of methoxy groups -OCH3 is 1. The van der Waals surface area contributed by atoms with Crippen molar-refractivity contribution in [3.05, 3.63) is 47.5 Å². The normalized spacial score (nSPS) is 26.1. The van der Waals surface area contributed by atoms with Gasteiger partial charge >= 0.3 is 5.97 Å². The summed E-state index contributed by atoms with van der Waals surface area (Å²) in [4.78, 5) is 11.5. The highest BCUT2D eigenvalue weighted by atomic mass is 16.5. The lowest BCUT2D eigenvalue weighted by Crippen LogP contribution is -2.23. The number of esters is 1. The molecule has 0 amide bonds. The quantitative estimate of drug-likeness (QED) is 0.595. The first kappa shape index (κ1) is 14.8. The van der Waals surface area contributed by atoms with E-state index in [4.69, 9.17) is 4.74 Å². The maximum absolute atomic E-state index is 11.5. The van der Waals surface area contributed by atoms with E-state index in [0.717, 1.165) is 5.92 Å². The van der Waals surface area contributed by atoms with Gasteiger partial charge in [0.25, 0.3) is 0 Å². The van der Waals surface area contributed by atoms with E-state index in [1.807, 2.05) is 12.1 Å². The summed E-state index contributed by atoms with van der Waals surface area (Å²) < 4.78 is 4.74. The Morgan fingerprint density at radius 3 is 2.45 bits per heavy atom. The first-order valence-electron chi connectivity index (χ1n) is 7.36. The molecule has 2 heteroatoms. The summed E-state index contributed by atoms with van der Waals surface area (Å²) in [5, 5.41) is 0. The first-order valence-corrected chi connectivity index (χ1v) is 7.36. The Labute approximate surface area is 121 Å². The molecule has 2 rings (SSSR count). The molecule has 1 aromatic rings. The predicted molar refractivity (Wildman–Crippen MR) is 81.8 cm³/mol. The van der Waals surface area contributed by atoms with Gasteiger partial charge in [-0.1, -0.05) is 37.6 Å². The monoisotopic (exact) mass is 272 g/mol. The zero-order valence-electron chi connectivity index (χ0n) is 12.7. The van der Waals surface area contributed by atoms with Crippen LogP contribution in [-0.4, -0.2) is 13.1 Å². The van der Waals surface area contributed by atoms with Crippen molar-refractivity contribution in [3.63, 3.8) is 0 Å². The largest absolute Gasteiger partial charge is 0.465 e. The third kappa shape index (κ3) is 3.12. The molecule has 20 heavy (non-hydrogen) atoms. The number of hydrogen-bond donors (Lipinski definition) is 0. The molecule has 1 aromatic carbocycles. The summed E-state index contributed by atoms with van der Waals surface area (Å²) in [6.07, 6.45) is 3.71. The van der Waals surface area contributed by atoms with Crippen LogP contribution >= 0.6 is 0 Å². The van der Waals surface area contributed by atoms with Crippen molar-refractivity contribution < 1.29 is 9.53 Å². The number of hydrogen-bond acceptors (Lipinski definition) is 2. The van der Waals surface area contributed by atoms with Gasteiger partial charge in [-0.3, -0.25) is 0 Å². The first-order chi connectivity index (χ1) is 9.52. The molecule has 0 saturated heterocycles. The molecule has 0 N–H and O–H groups in total. The molecule has 0 bridgehead atoms. The highest BCUT2D eigenvalue weighted by Crippen LogP contribution is 2.43. The summed E-state index contributed by atoms with van der Waals surface area (Å²) >= 11 is 0. The van der Waals surface area contributed by atoms with E-state index >= 15 is 0 Å². The molecule has 1 fully saturated rings. The third-order valence-electron chi connectivity index (χ3n) is 4.51. The molecule has 1 aliphatic carbocycles. The topological polar surface area (TPSA) is 26.3 Å². The van der Waals surface area contributed by atoms with E-state index in [2.05, 4.69) is 32.6 Å². The van der Waals surface area contributed by atoms with E-state index in [1.54, 1.807) is 0 Å². The van der Waals surface area contributed by atoms with E-state index < -0.39 is 0 Å². The molecule has 0 aliphatic heterocycles. The molecule has 108 valence electrons. The number of carbonyl (C=O) groups is 1. The molecule has 3 atom stereocenters. The van der Waals surface area contributed by atoms with Gasteiger partial charge in [0.15, 0.2) is 0 Å². The van der Waals surface area contributed by atoms with Gasteiger partial charge < -0.3 is 4.74 Å². The highest BCUT2D eigenvalue weighted by Gasteiger charge is 2.30. The smallest absolute Gasteiger partial charge is 0.337 e. The minimum atomic E-state index is -0.273. The van der Waals surface area contributed by atoms with Gasteiger partial charge in [-0.25, -0.2) is 4.79 Å². The third-order valence-corrected chi connectivity index (χ3v) is 4.51. The van der Waals surface area contributed by atoms with Crippen LogP contribution in [0, 0.1) is 11.8 Å². The highest BCUT2D eigenvalue weighted by molar-refractivity contribution is 5.89. The predicted octanol–water partition coefficient (Wildman–Crippen LogP) is 4.57. The SMILES string of the molecule is C=C(C)[C@@H]1CC[C@@H](C)C[C@H]1c1ccc(C(=O)OC)cc1. The number of allylic oxidation sites excluding steroid dienone is 1. The number of benzene rings is 1. The molecule has 1 saturated carbocycles. The molecule has 1 aliphatic rings. The van der Waals surface area contributed by atoms with Crippen molar-refractivity contribution in [2.24, 2.45) is 11.8 Å². The standard InChI is InChI=1S/C18H24O2/c1-12(2)16-10-5-13(3)11-17(16)14-6-8-15(9-7-14)18(19)20-4/h6-9,13,16-17H,1,5,10-11H2,2-4H3/t13-,16+,17+/m1/s1. The van der Waals surface area contributed by atoms with Crippen LogP contribution in [-0.2, 0) is 4.74 Å². The summed E-state index contributed by atoms with van der Waals surface area (Å²) in [6, 6.07) is 7.89. The van der Waals surface area contributed by atoms with Crippen LogP contribution in [0.25, 0.3) is 0 Å². The van der Waals surface area contributed by atoms with Crippen LogP contribution in [0.1, 0.15) is 54.9 Å². The van der Waals surface area contributed by atoms with Crippen LogP contribution in [0.15, 0.2) is 36.4 Å². The second-order valence-corrected chi connectivity index (χ2v) is 6.09. The Bertz CT molecular complexity index is 487. The summed E-state index contributed by atoms with van der Waals surface area (Å²) in [7, 11) is 1.41. The summed E-state index contributed by atoms with van der Waals surface area (Å²) in [5.41, 5.74) is 3.21. The van der Waals surface area contributed by atoms with Gasteiger partial charge in [-0.05, 0) is 55.2 Å². The fourth-order valence-corrected chi connectivity index (χ4v) is 3.32. The Morgan fingerprint density at radius 1 is 1.25 bits per heavy atom. The van der Waals surface area contributed by atoms with Crippen LogP contribution in [0.4, 0.5) is 0 Å². The fraction of sp³-hybridized carbons (Fsp3) is 0.500. The molecule has 0 radical (unpaired) electrons. The van der Waals surface area contributed by atoms with Crippen LogP contribution < -0.4 is 0 Å². The van der Waals surface area contributed by atoms with Crippen LogP contribution in [0.2, 0.25) is 0 Å². The average Bonchev–Trinajstić information content (AvgIpc) is 2.46. The molecule has 0 aromatic heterocycles. The minimum absolute atomic E-state index is 0.273. The van der Waals surface area contributed by atoms with E-state index in [0.29, 0.717) is 17.4 Å². The Morgan fingerprint density at radius 2 is 1.90 bits per heavy atom. The van der Waals surface area contributed by atoms with Gasteiger partial charge in [-0.15, -0.1) is 0 Å². The lowest BCUT2D eigenvalue weighted by atomic mass is 9.69. The van der Waals surface area contributed by atoms with Gasteiger partial charge in [0, 0.05) is 0 Å². The Hall–Kier alpha value is -1.57. The molecule has 0 heterocycles. The van der Waals surface area contributed by atoms with Crippen molar-refractivity contribution in [1.29, 1.82) is 0 Å². The molecule has 0 spiro atoms. The number of carbonyl (C=O) groups excluding carboxylic acids is 1. The van der Waals surface area contributed by atoms with Crippen molar-refractivity contribution in [2.75, 3.05) is 7.11 Å². The van der Waals surface area contributed by atoms with Crippen LogP contribution in [0.5, 0.6) is 0 Å². The summed E-state index contributed by atoms with van der Waals surface area (Å²) in [6.45, 7) is 8.62. The van der Waals surface area contributed by atoms with E-state index in [-0.39, 0.29) is 5.97 Å². The molecule has 0 unspecified atom stereocenters. The lowest BCUT2D eigenvalue weighted by Gasteiger charge is -2.35. The average molecular weight is 272 g/mol. The van der Waals surface area contributed by atoms with Gasteiger partial charge in [0.1, 0.15) is 0 Å². The van der Waals surface area contributed by atoms with E-state index in [1.165, 1.54) is 37.5 Å². The molecule has 2 nitrogen and oxygen atoms in total. The zero-order chi connectivity index (χ0) is 14.7. The summed E-state index contributed by atoms with van der Waals surface area (Å²) in [5.74, 6) is 1.58. The van der Waals surface area contributed by atoms with Gasteiger partial charge in [-0.2, -0.15) is 0 Å². The van der Waals surface area contributed by atoms with Crippen molar-refractivity contribution in [2.45, 2.75) is 39.0 Å². The van der Waals surface area contributed by atoms with Crippen molar-refractivity contribution in [3.8, 4) is 0 Å². The second kappa shape index (κ2) is 6.25. The second-order valence-electron chi connectivity index (χ2n) is 6.09. The Kier molecular flexibility index (Phi) is 4.64. The molecular formula is C18H24O2. The maximum Gasteiger partial charge on any atom is 0.337 e. The van der Waals surface area contributed by atoms with E-state index in [9.17, 15) is 4.79 Å². The van der Waals surface area contributed by atoms with Crippen molar-refractivity contribution >= 4 is 5.97 Å². The molecular weight excluding hydrogens is 248 g/mol. The number of rotatable bonds is 3. The lowest BCUT2D eigenvalue weighted by molar-refractivity contribution is 0.0600. The number of ether oxygens (including phenoxy) is 1. The van der Waals surface area contributed by atoms with Gasteiger partial charge in [0.05, 0.1) is 12.7 Å². The van der Waals surface area contributed by atoms with Crippen molar-refractivity contribution in [1.82, 2.24) is 0 Å².